The van der Waals surface area contributed by atoms with Gasteiger partial charge in [0.2, 0.25) is 0 Å². The lowest BCUT2D eigenvalue weighted by atomic mass is 9.98. The first kappa shape index (κ1) is 40.7. The molecule has 4 nitrogen and oxygen atoms in total. The summed E-state index contributed by atoms with van der Waals surface area (Å²) in [5, 5.41) is 10.4. The van der Waals surface area contributed by atoms with Crippen molar-refractivity contribution in [1.82, 2.24) is 0 Å². The van der Waals surface area contributed by atoms with Crippen molar-refractivity contribution in [3.05, 3.63) is 187 Å². The van der Waals surface area contributed by atoms with E-state index >= 15 is 0 Å². The highest BCUT2D eigenvalue weighted by atomic mass is 28.3. The topological polar surface area (TPSA) is 32.8 Å². The maximum atomic E-state index is 6.95. The van der Waals surface area contributed by atoms with Gasteiger partial charge in [0.15, 0.2) is 0 Å². The zero-order chi connectivity index (χ0) is 44.7. The Morgan fingerprint density at radius 3 is 1.14 bits per heavy atom. The monoisotopic (exact) mass is 862 g/mol. The lowest BCUT2D eigenvalue weighted by molar-refractivity contribution is 0.656. The van der Waals surface area contributed by atoms with Crippen molar-refractivity contribution in [2.24, 2.45) is 0 Å². The maximum Gasteiger partial charge on any atom is 0.139 e. The van der Waals surface area contributed by atoms with E-state index in [1.165, 1.54) is 21.9 Å². The van der Waals surface area contributed by atoms with E-state index in [9.17, 15) is 0 Å². The van der Waals surface area contributed by atoms with Crippen LogP contribution in [0.4, 0.5) is 34.1 Å². The van der Waals surface area contributed by atoms with E-state index in [1.807, 2.05) is 0 Å². The molecule has 0 aliphatic rings. The molecule has 0 saturated carbocycles. The van der Waals surface area contributed by atoms with Gasteiger partial charge >= 0.3 is 0 Å². The molecule has 0 radical (unpaired) electrons. The van der Waals surface area contributed by atoms with Gasteiger partial charge in [0.1, 0.15) is 22.3 Å². The third-order valence-electron chi connectivity index (χ3n) is 13.4. The number of rotatable bonds is 9. The summed E-state index contributed by atoms with van der Waals surface area (Å²) in [6, 6.07) is 62.5. The number of furan rings is 2. The van der Waals surface area contributed by atoms with Crippen molar-refractivity contribution < 1.29 is 8.83 Å². The van der Waals surface area contributed by atoms with E-state index < -0.39 is 8.07 Å². The summed E-state index contributed by atoms with van der Waals surface area (Å²) in [4.78, 5) is 4.76. The largest absolute Gasteiger partial charge is 0.456 e. The van der Waals surface area contributed by atoms with Crippen LogP contribution in [-0.2, 0) is 0 Å². The molecule has 0 aliphatic heterocycles. The number of aryl methyl sites for hydroxylation is 1. The van der Waals surface area contributed by atoms with Gasteiger partial charge in [-0.05, 0) is 95.3 Å². The summed E-state index contributed by atoms with van der Waals surface area (Å²) >= 11 is 0. The van der Waals surface area contributed by atoms with Crippen molar-refractivity contribution >= 4 is 113 Å². The first-order chi connectivity index (χ1) is 31.4. The van der Waals surface area contributed by atoms with Gasteiger partial charge in [-0.2, -0.15) is 0 Å². The minimum atomic E-state index is -1.50. The molecule has 0 amide bonds. The van der Waals surface area contributed by atoms with Crippen molar-refractivity contribution in [3.63, 3.8) is 0 Å². The fourth-order valence-electron chi connectivity index (χ4n) is 9.78. The Bertz CT molecular complexity index is 3570. The van der Waals surface area contributed by atoms with E-state index in [4.69, 9.17) is 8.83 Å². The summed E-state index contributed by atoms with van der Waals surface area (Å²) < 4.78 is 13.9. The van der Waals surface area contributed by atoms with Crippen molar-refractivity contribution in [3.8, 4) is 0 Å². The van der Waals surface area contributed by atoms with Crippen LogP contribution in [0.2, 0.25) is 19.6 Å². The average Bonchev–Trinajstić information content (AvgIpc) is 3.86. The van der Waals surface area contributed by atoms with Crippen molar-refractivity contribution in [2.45, 2.75) is 66.1 Å². The van der Waals surface area contributed by atoms with E-state index in [2.05, 4.69) is 234 Å². The van der Waals surface area contributed by atoms with Gasteiger partial charge in [0, 0.05) is 73.3 Å². The summed E-state index contributed by atoms with van der Waals surface area (Å²) in [6.45, 7) is 18.3. The van der Waals surface area contributed by atoms with Crippen LogP contribution in [0.1, 0.15) is 56.2 Å². The predicted molar refractivity (Wildman–Crippen MR) is 281 cm³/mol. The van der Waals surface area contributed by atoms with Crippen LogP contribution in [0.3, 0.4) is 0 Å². The van der Waals surface area contributed by atoms with Crippen molar-refractivity contribution in [1.29, 1.82) is 0 Å². The minimum absolute atomic E-state index is 0.444. The van der Waals surface area contributed by atoms with Crippen LogP contribution in [0.5, 0.6) is 0 Å². The van der Waals surface area contributed by atoms with Gasteiger partial charge in [-0.1, -0.05) is 155 Å². The quantitative estimate of drug-likeness (QED) is 0.135. The second-order valence-electron chi connectivity index (χ2n) is 19.5. The Kier molecular flexibility index (Phi) is 9.74. The zero-order valence-electron chi connectivity index (χ0n) is 38.5. The number of fused-ring (bicyclic) bond motifs is 10. The van der Waals surface area contributed by atoms with Gasteiger partial charge in [-0.15, -0.1) is 0 Å². The van der Waals surface area contributed by atoms with Gasteiger partial charge in [-0.25, -0.2) is 0 Å². The van der Waals surface area contributed by atoms with Gasteiger partial charge < -0.3 is 18.6 Å². The first-order valence-corrected chi connectivity index (χ1v) is 26.5. The number of benzene rings is 9. The number of anilines is 6. The standard InChI is InChI=1S/C60H54N2O2Si/c1-37(2)40-19-25-43(26-20-40)61(42-23-17-39(5)18-24-42)53-34-57-59(49-15-11-9-13-47(49)53)51-33-52-56(36-55(51)63-57)64-58-35-54(48-14-10-12-16-50(48)60(52)58)62(44-27-21-41(22-28-44)38(3)4)45-29-31-46(32-30-45)65(6,7)8/h9-38H,1-8H3. The Hall–Kier alpha value is -7.08. The Morgan fingerprint density at radius 1 is 0.385 bits per heavy atom. The van der Waals surface area contributed by atoms with Crippen LogP contribution in [0.15, 0.2) is 179 Å². The van der Waals surface area contributed by atoms with E-state index in [-0.39, 0.29) is 0 Å². The number of hydrogen-bond donors (Lipinski definition) is 0. The lowest BCUT2D eigenvalue weighted by Gasteiger charge is -2.28. The molecule has 0 unspecified atom stereocenters. The highest BCUT2D eigenvalue weighted by Crippen LogP contribution is 2.49. The molecule has 0 fully saturated rings. The van der Waals surface area contributed by atoms with Crippen LogP contribution < -0.4 is 15.0 Å². The molecule has 65 heavy (non-hydrogen) atoms. The molecule has 0 N–H and O–H groups in total. The molecule has 0 atom stereocenters. The zero-order valence-corrected chi connectivity index (χ0v) is 39.5. The fourth-order valence-corrected chi connectivity index (χ4v) is 10.9. The Labute approximate surface area is 382 Å². The molecule has 2 aromatic heterocycles. The highest BCUT2D eigenvalue weighted by molar-refractivity contribution is 6.88. The molecule has 0 aliphatic carbocycles. The molecule has 11 rings (SSSR count). The maximum absolute atomic E-state index is 6.95. The summed E-state index contributed by atoms with van der Waals surface area (Å²) in [5.74, 6) is 0.891. The third kappa shape index (κ3) is 6.97. The molecule has 11 aromatic rings. The normalized spacial score (nSPS) is 12.3. The van der Waals surface area contributed by atoms with E-state index in [0.717, 1.165) is 99.5 Å². The SMILES string of the molecule is Cc1ccc(N(c2ccc(C(C)C)cc2)c2cc3oc4cc5oc6cc(N(c7ccc(C(C)C)cc7)c7ccc([Si](C)(C)C)cc7)c7ccccc7c6c5cc4c3c3ccccc23)cc1. The molecule has 5 heteroatoms. The molecule has 0 bridgehead atoms. The summed E-state index contributed by atoms with van der Waals surface area (Å²) in [5.41, 5.74) is 13.7. The van der Waals surface area contributed by atoms with Crippen molar-refractivity contribution in [2.75, 3.05) is 9.80 Å². The fraction of sp³-hybridized carbons (Fsp3) is 0.167. The molecule has 0 saturated heterocycles. The Balaban J connectivity index is 1.12. The van der Waals surface area contributed by atoms with Gasteiger partial charge in [0.25, 0.3) is 0 Å². The minimum Gasteiger partial charge on any atom is -0.456 e. The van der Waals surface area contributed by atoms with Crippen LogP contribution in [0.25, 0.3) is 65.4 Å². The second kappa shape index (κ2) is 15.6. The first-order valence-electron chi connectivity index (χ1n) is 23.0. The third-order valence-corrected chi connectivity index (χ3v) is 15.5. The lowest BCUT2D eigenvalue weighted by Crippen LogP contribution is -2.37. The highest BCUT2D eigenvalue weighted by Gasteiger charge is 2.25. The predicted octanol–water partition coefficient (Wildman–Crippen LogP) is 17.8. The number of hydrogen-bond acceptors (Lipinski definition) is 4. The average molecular weight is 863 g/mol. The number of nitrogens with zero attached hydrogens (tertiary/aromatic N) is 2. The van der Waals surface area contributed by atoms with Gasteiger partial charge in [0.05, 0.1) is 19.4 Å². The summed E-state index contributed by atoms with van der Waals surface area (Å²) in [7, 11) is -1.50. The molecular formula is C60H54N2O2Si. The van der Waals surface area contributed by atoms with Crippen LogP contribution in [0, 0.1) is 6.92 Å². The van der Waals surface area contributed by atoms with E-state index in [0.29, 0.717) is 11.8 Å². The summed E-state index contributed by atoms with van der Waals surface area (Å²) in [6.07, 6.45) is 0. The van der Waals surface area contributed by atoms with Crippen LogP contribution >= 0.6 is 0 Å². The smallest absolute Gasteiger partial charge is 0.139 e. The second-order valence-corrected chi connectivity index (χ2v) is 24.6. The Morgan fingerprint density at radius 2 is 0.754 bits per heavy atom. The van der Waals surface area contributed by atoms with Crippen LogP contribution in [-0.4, -0.2) is 8.07 Å². The molecule has 0 spiro atoms. The van der Waals surface area contributed by atoms with Gasteiger partial charge in [-0.3, -0.25) is 0 Å². The molecular weight excluding hydrogens is 809 g/mol. The molecule has 2 heterocycles. The molecule has 9 aromatic carbocycles. The van der Waals surface area contributed by atoms with E-state index in [1.54, 1.807) is 0 Å². The molecule has 320 valence electrons.